The van der Waals surface area contributed by atoms with Gasteiger partial charge < -0.3 is 15.1 Å². The van der Waals surface area contributed by atoms with Gasteiger partial charge in [0.2, 0.25) is 0 Å². The SMILES string of the molecule is O=C(Nc1ccc(NCc2ccco2)nc1)c1ccccc1Cl. The number of anilines is 2. The first-order valence-electron chi connectivity index (χ1n) is 7.00. The monoisotopic (exact) mass is 327 g/mol. The molecule has 0 spiro atoms. The van der Waals surface area contributed by atoms with Crippen LogP contribution in [-0.4, -0.2) is 10.9 Å². The van der Waals surface area contributed by atoms with Gasteiger partial charge >= 0.3 is 0 Å². The molecule has 23 heavy (non-hydrogen) atoms. The molecule has 0 bridgehead atoms. The molecule has 0 atom stereocenters. The average Bonchev–Trinajstić information content (AvgIpc) is 3.08. The number of amides is 1. The van der Waals surface area contributed by atoms with E-state index in [-0.39, 0.29) is 5.91 Å². The largest absolute Gasteiger partial charge is 0.467 e. The Morgan fingerprint density at radius 3 is 2.70 bits per heavy atom. The van der Waals surface area contributed by atoms with Gasteiger partial charge in [0.15, 0.2) is 0 Å². The highest BCUT2D eigenvalue weighted by Gasteiger charge is 2.09. The Bertz CT molecular complexity index is 786. The molecule has 3 aromatic rings. The molecule has 116 valence electrons. The first-order chi connectivity index (χ1) is 11.2. The molecule has 0 aliphatic heterocycles. The fourth-order valence-electron chi connectivity index (χ4n) is 2.01. The quantitative estimate of drug-likeness (QED) is 0.737. The van der Waals surface area contributed by atoms with Gasteiger partial charge in [0, 0.05) is 0 Å². The van der Waals surface area contributed by atoms with E-state index in [1.165, 1.54) is 0 Å². The lowest BCUT2D eigenvalue weighted by molar-refractivity contribution is 0.102. The first-order valence-corrected chi connectivity index (χ1v) is 7.38. The summed E-state index contributed by atoms with van der Waals surface area (Å²) in [5.74, 6) is 1.24. The molecule has 0 fully saturated rings. The second-order valence-corrected chi connectivity index (χ2v) is 5.21. The number of pyridine rings is 1. The van der Waals surface area contributed by atoms with E-state index >= 15 is 0 Å². The lowest BCUT2D eigenvalue weighted by Crippen LogP contribution is -2.12. The molecule has 0 aliphatic rings. The number of carbonyl (C=O) groups is 1. The molecule has 0 saturated heterocycles. The Morgan fingerprint density at radius 2 is 2.00 bits per heavy atom. The Balaban J connectivity index is 1.61. The molecular formula is C17H14ClN3O2. The second-order valence-electron chi connectivity index (χ2n) is 4.80. The minimum absolute atomic E-state index is 0.270. The summed E-state index contributed by atoms with van der Waals surface area (Å²) in [6.45, 7) is 0.547. The summed E-state index contributed by atoms with van der Waals surface area (Å²) in [5, 5.41) is 6.31. The van der Waals surface area contributed by atoms with Crippen molar-refractivity contribution in [3.8, 4) is 0 Å². The Labute approximate surface area is 138 Å². The third-order valence-electron chi connectivity index (χ3n) is 3.16. The number of furan rings is 1. The van der Waals surface area contributed by atoms with E-state index in [9.17, 15) is 4.79 Å². The van der Waals surface area contributed by atoms with Crippen LogP contribution in [0.4, 0.5) is 11.5 Å². The third-order valence-corrected chi connectivity index (χ3v) is 3.49. The summed E-state index contributed by atoms with van der Waals surface area (Å²) < 4.78 is 5.23. The van der Waals surface area contributed by atoms with Crippen LogP contribution in [0.15, 0.2) is 65.4 Å². The zero-order valence-corrected chi connectivity index (χ0v) is 12.9. The lowest BCUT2D eigenvalue weighted by Gasteiger charge is -2.08. The Morgan fingerprint density at radius 1 is 1.13 bits per heavy atom. The van der Waals surface area contributed by atoms with Crippen LogP contribution in [0.2, 0.25) is 5.02 Å². The van der Waals surface area contributed by atoms with E-state index in [4.69, 9.17) is 16.0 Å². The van der Waals surface area contributed by atoms with Gasteiger partial charge in [-0.05, 0) is 36.4 Å². The second kappa shape index (κ2) is 6.98. The number of nitrogens with one attached hydrogen (secondary N) is 2. The fourth-order valence-corrected chi connectivity index (χ4v) is 2.23. The number of nitrogens with zero attached hydrogens (tertiary/aromatic N) is 1. The summed E-state index contributed by atoms with van der Waals surface area (Å²) in [6.07, 6.45) is 3.21. The van der Waals surface area contributed by atoms with E-state index in [1.807, 2.05) is 12.1 Å². The highest BCUT2D eigenvalue weighted by Crippen LogP contribution is 2.17. The normalized spacial score (nSPS) is 10.3. The van der Waals surface area contributed by atoms with Gasteiger partial charge in [-0.1, -0.05) is 23.7 Å². The molecule has 6 heteroatoms. The maximum atomic E-state index is 12.1. The molecule has 0 unspecified atom stereocenters. The van der Waals surface area contributed by atoms with Crippen LogP contribution >= 0.6 is 11.6 Å². The van der Waals surface area contributed by atoms with Gasteiger partial charge in [-0.15, -0.1) is 0 Å². The number of halogens is 1. The summed E-state index contributed by atoms with van der Waals surface area (Å²) >= 11 is 6.01. The number of aromatic nitrogens is 1. The molecule has 2 heterocycles. The van der Waals surface area contributed by atoms with Crippen molar-refractivity contribution in [3.63, 3.8) is 0 Å². The highest BCUT2D eigenvalue weighted by atomic mass is 35.5. The minimum Gasteiger partial charge on any atom is -0.467 e. The molecule has 3 rings (SSSR count). The molecule has 0 saturated carbocycles. The zero-order valence-electron chi connectivity index (χ0n) is 12.1. The smallest absolute Gasteiger partial charge is 0.257 e. The summed E-state index contributed by atoms with van der Waals surface area (Å²) in [4.78, 5) is 16.4. The number of hydrogen-bond acceptors (Lipinski definition) is 4. The summed E-state index contributed by atoms with van der Waals surface area (Å²) in [5.41, 5.74) is 1.02. The van der Waals surface area contributed by atoms with Crippen LogP contribution in [0.3, 0.4) is 0 Å². The maximum Gasteiger partial charge on any atom is 0.257 e. The van der Waals surface area contributed by atoms with Crippen molar-refractivity contribution < 1.29 is 9.21 Å². The van der Waals surface area contributed by atoms with Crippen molar-refractivity contribution in [1.29, 1.82) is 0 Å². The Kier molecular flexibility index (Phi) is 4.59. The van der Waals surface area contributed by atoms with Crippen LogP contribution < -0.4 is 10.6 Å². The van der Waals surface area contributed by atoms with Crippen molar-refractivity contribution >= 4 is 29.0 Å². The molecule has 5 nitrogen and oxygen atoms in total. The molecule has 2 aromatic heterocycles. The predicted molar refractivity (Wildman–Crippen MR) is 89.7 cm³/mol. The average molecular weight is 328 g/mol. The van der Waals surface area contributed by atoms with E-state index < -0.39 is 0 Å². The highest BCUT2D eigenvalue weighted by molar-refractivity contribution is 6.34. The minimum atomic E-state index is -0.270. The number of hydrogen-bond donors (Lipinski definition) is 2. The van der Waals surface area contributed by atoms with Gasteiger partial charge in [0.1, 0.15) is 11.6 Å². The zero-order chi connectivity index (χ0) is 16.1. The van der Waals surface area contributed by atoms with Crippen molar-refractivity contribution in [1.82, 2.24) is 4.98 Å². The molecule has 2 N–H and O–H groups in total. The molecular weight excluding hydrogens is 314 g/mol. The van der Waals surface area contributed by atoms with E-state index in [0.717, 1.165) is 5.76 Å². The number of carbonyl (C=O) groups excluding carboxylic acids is 1. The third kappa shape index (κ3) is 3.90. The van der Waals surface area contributed by atoms with E-state index in [0.29, 0.717) is 28.6 Å². The standard InChI is InChI=1S/C17H14ClN3O2/c18-15-6-2-1-5-14(15)17(22)21-12-7-8-16(19-10-12)20-11-13-4-3-9-23-13/h1-10H,11H2,(H,19,20)(H,21,22). The molecule has 1 aromatic carbocycles. The van der Waals surface area contributed by atoms with Crippen molar-refractivity contribution in [2.45, 2.75) is 6.54 Å². The van der Waals surface area contributed by atoms with Crippen LogP contribution in [-0.2, 0) is 6.54 Å². The number of benzene rings is 1. The van der Waals surface area contributed by atoms with Crippen LogP contribution in [0.5, 0.6) is 0 Å². The Hall–Kier alpha value is -2.79. The van der Waals surface area contributed by atoms with Gasteiger partial charge in [-0.25, -0.2) is 4.98 Å². The topological polar surface area (TPSA) is 67.2 Å². The summed E-state index contributed by atoms with van der Waals surface area (Å²) in [6, 6.07) is 14.2. The lowest BCUT2D eigenvalue weighted by atomic mass is 10.2. The molecule has 0 aliphatic carbocycles. The van der Waals surface area contributed by atoms with Crippen molar-refractivity contribution in [3.05, 3.63) is 77.3 Å². The van der Waals surface area contributed by atoms with Crippen molar-refractivity contribution in [2.24, 2.45) is 0 Å². The van der Waals surface area contributed by atoms with Crippen LogP contribution in [0.25, 0.3) is 0 Å². The summed E-state index contributed by atoms with van der Waals surface area (Å²) in [7, 11) is 0. The van der Waals surface area contributed by atoms with Gasteiger partial charge in [0.25, 0.3) is 5.91 Å². The van der Waals surface area contributed by atoms with Gasteiger partial charge in [-0.3, -0.25) is 4.79 Å². The van der Waals surface area contributed by atoms with E-state index in [2.05, 4.69) is 15.6 Å². The van der Waals surface area contributed by atoms with Crippen molar-refractivity contribution in [2.75, 3.05) is 10.6 Å². The maximum absolute atomic E-state index is 12.1. The molecule has 1 amide bonds. The van der Waals surface area contributed by atoms with Gasteiger partial charge in [0.05, 0.1) is 35.3 Å². The predicted octanol–water partition coefficient (Wildman–Crippen LogP) is 4.19. The molecule has 0 radical (unpaired) electrons. The van der Waals surface area contributed by atoms with Crippen LogP contribution in [0.1, 0.15) is 16.1 Å². The number of rotatable bonds is 5. The fraction of sp³-hybridized carbons (Fsp3) is 0.0588. The van der Waals surface area contributed by atoms with E-state index in [1.54, 1.807) is 48.9 Å². The first kappa shape index (κ1) is 15.1. The van der Waals surface area contributed by atoms with Crippen LogP contribution in [0, 0.1) is 0 Å². The van der Waals surface area contributed by atoms with Gasteiger partial charge in [-0.2, -0.15) is 0 Å².